The van der Waals surface area contributed by atoms with Crippen LogP contribution in [0.5, 0.6) is 5.75 Å². The second-order valence-electron chi connectivity index (χ2n) is 8.31. The van der Waals surface area contributed by atoms with E-state index in [2.05, 4.69) is 15.3 Å². The molecule has 0 radical (unpaired) electrons. The Kier molecular flexibility index (Phi) is 7.51. The molecule has 0 amide bonds. The van der Waals surface area contributed by atoms with E-state index >= 15 is 0 Å². The fourth-order valence-electron chi connectivity index (χ4n) is 3.96. The van der Waals surface area contributed by atoms with Crippen molar-refractivity contribution in [2.45, 2.75) is 31.2 Å². The summed E-state index contributed by atoms with van der Waals surface area (Å²) in [7, 11) is 0. The van der Waals surface area contributed by atoms with Gasteiger partial charge in [0.15, 0.2) is 0 Å². The summed E-state index contributed by atoms with van der Waals surface area (Å²) >= 11 is 0. The third kappa shape index (κ3) is 6.01. The van der Waals surface area contributed by atoms with Crippen molar-refractivity contribution >= 4 is 12.0 Å². The average Bonchev–Trinajstić information content (AvgIpc) is 3.55. The van der Waals surface area contributed by atoms with E-state index in [1.54, 1.807) is 4.90 Å². The zero-order valence-electron chi connectivity index (χ0n) is 19.5. The van der Waals surface area contributed by atoms with Gasteiger partial charge in [-0.1, -0.05) is 28.5 Å². The van der Waals surface area contributed by atoms with E-state index in [9.17, 15) is 26.3 Å². The first-order valence-corrected chi connectivity index (χ1v) is 11.2. The number of aromatic nitrogens is 2. The topological polar surface area (TPSA) is 110 Å². The third-order valence-electron chi connectivity index (χ3n) is 5.80. The van der Waals surface area contributed by atoms with E-state index in [4.69, 9.17) is 20.2 Å². The SMILES string of the molecule is N/C(=N\O)N1CCC[C@H]1c1nc(-c2ccc(OC/C=C/c3ccc(C(F)(F)F)cc3)c(C(F)(F)F)c2)no1. The number of rotatable bonds is 6. The standard InChI is InChI=1S/C24H21F6N5O3/c25-23(26,27)16-8-5-14(6-9-16)3-2-12-37-19-10-7-15(13-17(19)24(28,29)30)20-32-21(38-34-20)18-4-1-11-35(18)22(31)33-36/h2-3,5-10,13,18,36H,1,4,11-12H2,(H2,31,33)/b3-2+/t18-/m0/s1. The van der Waals surface area contributed by atoms with Crippen LogP contribution in [0.4, 0.5) is 26.3 Å². The molecule has 0 spiro atoms. The van der Waals surface area contributed by atoms with Crippen molar-refractivity contribution in [1.82, 2.24) is 15.0 Å². The van der Waals surface area contributed by atoms with Crippen LogP contribution in [-0.2, 0) is 12.4 Å². The summed E-state index contributed by atoms with van der Waals surface area (Å²) in [6.07, 6.45) is -5.13. The summed E-state index contributed by atoms with van der Waals surface area (Å²) in [5.41, 5.74) is 4.25. The van der Waals surface area contributed by atoms with Crippen molar-refractivity contribution in [3.05, 3.63) is 71.1 Å². The second kappa shape index (κ2) is 10.6. The molecule has 3 aromatic rings. The van der Waals surface area contributed by atoms with Gasteiger partial charge in [0.2, 0.25) is 17.7 Å². The Morgan fingerprint density at radius 2 is 1.87 bits per heavy atom. The summed E-state index contributed by atoms with van der Waals surface area (Å²) in [6, 6.07) is 7.11. The number of oxime groups is 1. The number of hydrogen-bond donors (Lipinski definition) is 2. The van der Waals surface area contributed by atoms with Crippen molar-refractivity contribution in [3.63, 3.8) is 0 Å². The number of likely N-dealkylation sites (tertiary alicyclic amines) is 1. The number of nitrogens with zero attached hydrogens (tertiary/aromatic N) is 4. The number of nitrogens with two attached hydrogens (primary N) is 1. The molecular formula is C24H21F6N5O3. The van der Waals surface area contributed by atoms with Crippen LogP contribution in [0.2, 0.25) is 0 Å². The highest BCUT2D eigenvalue weighted by molar-refractivity contribution is 5.78. The summed E-state index contributed by atoms with van der Waals surface area (Å²) < 4.78 is 89.8. The first-order valence-electron chi connectivity index (χ1n) is 11.2. The Labute approximate surface area is 212 Å². The minimum absolute atomic E-state index is 0.0355. The number of halogens is 6. The molecular weight excluding hydrogens is 520 g/mol. The van der Waals surface area contributed by atoms with Crippen LogP contribution >= 0.6 is 0 Å². The Morgan fingerprint density at radius 1 is 1.13 bits per heavy atom. The Morgan fingerprint density at radius 3 is 2.53 bits per heavy atom. The first-order chi connectivity index (χ1) is 18.0. The highest BCUT2D eigenvalue weighted by Crippen LogP contribution is 2.39. The van der Waals surface area contributed by atoms with E-state index < -0.39 is 35.3 Å². The van der Waals surface area contributed by atoms with E-state index in [1.807, 2.05) is 0 Å². The monoisotopic (exact) mass is 541 g/mol. The van der Waals surface area contributed by atoms with Gasteiger partial charge in [-0.15, -0.1) is 0 Å². The number of hydrogen-bond acceptors (Lipinski definition) is 6. The van der Waals surface area contributed by atoms with Crippen LogP contribution < -0.4 is 10.5 Å². The molecule has 14 heteroatoms. The molecule has 4 rings (SSSR count). The molecule has 0 saturated carbocycles. The third-order valence-corrected chi connectivity index (χ3v) is 5.80. The minimum Gasteiger partial charge on any atom is -0.489 e. The highest BCUT2D eigenvalue weighted by atomic mass is 19.4. The molecule has 0 bridgehead atoms. The van der Waals surface area contributed by atoms with Crippen LogP contribution in [0, 0.1) is 0 Å². The smallest absolute Gasteiger partial charge is 0.419 e. The zero-order valence-corrected chi connectivity index (χ0v) is 19.5. The van der Waals surface area contributed by atoms with Crippen LogP contribution in [-0.4, -0.2) is 39.4 Å². The van der Waals surface area contributed by atoms with Gasteiger partial charge in [0.1, 0.15) is 18.4 Å². The lowest BCUT2D eigenvalue weighted by molar-refractivity contribution is -0.139. The van der Waals surface area contributed by atoms with Gasteiger partial charge < -0.3 is 25.1 Å². The van der Waals surface area contributed by atoms with E-state index in [0.29, 0.717) is 24.9 Å². The fraction of sp³-hybridized carbons (Fsp3) is 0.292. The van der Waals surface area contributed by atoms with Crippen LogP contribution in [0.3, 0.4) is 0 Å². The lowest BCUT2D eigenvalue weighted by atomic mass is 10.1. The predicted molar refractivity (Wildman–Crippen MR) is 123 cm³/mol. The Balaban J connectivity index is 1.48. The van der Waals surface area contributed by atoms with Gasteiger partial charge in [-0.3, -0.25) is 0 Å². The maximum Gasteiger partial charge on any atom is 0.419 e. The Hall–Kier alpha value is -4.23. The quantitative estimate of drug-likeness (QED) is 0.135. The van der Waals surface area contributed by atoms with E-state index in [1.165, 1.54) is 30.4 Å². The van der Waals surface area contributed by atoms with Crippen molar-refractivity contribution in [1.29, 1.82) is 0 Å². The first kappa shape index (κ1) is 26.8. The lowest BCUT2D eigenvalue weighted by Crippen LogP contribution is -2.36. The highest BCUT2D eigenvalue weighted by Gasteiger charge is 2.36. The molecule has 0 aliphatic carbocycles. The molecule has 1 aliphatic heterocycles. The van der Waals surface area contributed by atoms with E-state index in [-0.39, 0.29) is 29.8 Å². The minimum atomic E-state index is -4.76. The van der Waals surface area contributed by atoms with Gasteiger partial charge >= 0.3 is 12.4 Å². The molecule has 202 valence electrons. The summed E-state index contributed by atoms with van der Waals surface area (Å²) in [5.74, 6) is -0.548. The molecule has 3 N–H and O–H groups in total. The molecule has 8 nitrogen and oxygen atoms in total. The number of alkyl halides is 6. The van der Waals surface area contributed by atoms with Crippen molar-refractivity contribution < 1.29 is 40.8 Å². The van der Waals surface area contributed by atoms with E-state index in [0.717, 1.165) is 24.3 Å². The lowest BCUT2D eigenvalue weighted by Gasteiger charge is -2.21. The van der Waals surface area contributed by atoms with Crippen molar-refractivity contribution in [2.24, 2.45) is 10.9 Å². The van der Waals surface area contributed by atoms with Crippen LogP contribution in [0.15, 0.2) is 58.2 Å². The van der Waals surface area contributed by atoms with Gasteiger partial charge in [-0.05, 0) is 54.8 Å². The average molecular weight is 541 g/mol. The van der Waals surface area contributed by atoms with Crippen molar-refractivity contribution in [2.75, 3.05) is 13.2 Å². The number of guanidine groups is 1. The van der Waals surface area contributed by atoms with Crippen LogP contribution in [0.1, 0.15) is 41.5 Å². The number of benzene rings is 2. The zero-order chi connectivity index (χ0) is 27.5. The molecule has 1 aromatic heterocycles. The van der Waals surface area contributed by atoms with Gasteiger partial charge in [0.25, 0.3) is 0 Å². The molecule has 1 saturated heterocycles. The molecule has 1 aliphatic rings. The Bertz CT molecular complexity index is 1320. The van der Waals surface area contributed by atoms with Crippen molar-refractivity contribution in [3.8, 4) is 17.1 Å². The molecule has 2 heterocycles. The maximum atomic E-state index is 13.8. The fourth-order valence-corrected chi connectivity index (χ4v) is 3.96. The largest absolute Gasteiger partial charge is 0.489 e. The predicted octanol–water partition coefficient (Wildman–Crippen LogP) is 5.71. The maximum absolute atomic E-state index is 13.8. The van der Waals surface area contributed by atoms with Gasteiger partial charge in [-0.25, -0.2) is 0 Å². The van der Waals surface area contributed by atoms with Gasteiger partial charge in [0.05, 0.1) is 11.1 Å². The van der Waals surface area contributed by atoms with Gasteiger partial charge in [-0.2, -0.15) is 31.3 Å². The van der Waals surface area contributed by atoms with Gasteiger partial charge in [0, 0.05) is 12.1 Å². The summed E-state index contributed by atoms with van der Waals surface area (Å²) in [5, 5.41) is 15.7. The summed E-state index contributed by atoms with van der Waals surface area (Å²) in [6.45, 7) is 0.219. The molecule has 2 aromatic carbocycles. The molecule has 38 heavy (non-hydrogen) atoms. The van der Waals surface area contributed by atoms with Crippen LogP contribution in [0.25, 0.3) is 17.5 Å². The normalized spacial score (nSPS) is 16.9. The second-order valence-corrected chi connectivity index (χ2v) is 8.31. The number of ether oxygens (including phenoxy) is 1. The molecule has 1 atom stereocenters. The molecule has 1 fully saturated rings. The summed E-state index contributed by atoms with van der Waals surface area (Å²) in [4.78, 5) is 5.76. The molecule has 0 unspecified atom stereocenters.